The summed E-state index contributed by atoms with van der Waals surface area (Å²) in [6.07, 6.45) is 12.0. The Morgan fingerprint density at radius 1 is 0.676 bits per heavy atom. The van der Waals surface area contributed by atoms with E-state index in [2.05, 4.69) is 48.5 Å². The summed E-state index contributed by atoms with van der Waals surface area (Å²) >= 11 is 0. The molecule has 2 heterocycles. The van der Waals surface area contributed by atoms with Crippen LogP contribution in [-0.4, -0.2) is 83.5 Å². The molecule has 2 aromatic rings. The number of rotatable bonds is 10. The van der Waals surface area contributed by atoms with Gasteiger partial charge in [-0.3, -0.25) is 9.59 Å². The molecule has 0 saturated heterocycles. The molecule has 3 amide bonds. The van der Waals surface area contributed by atoms with Gasteiger partial charge in [-0.15, -0.1) is 0 Å². The standard InChI is InChI=1S/C29H41FN2O3.C15H18FN.C14H25NO4/c1-18(2)26-25-16-21-10-11-22(30)17-24(21)23(25)13-15-32(26)27(33)20-8-6-19(7-9-20)12-14-31-28(34)35-29(3,4)5;1-9(2)15-14-7-10-3-4-11(16)8-13(10)12(14)5-6-17-15;1-14(2,3)19-13(18)15-9-8-10-4-6-11(7-5-10)12(16)17/h10-11,17-20,26H,6-9,12-16H2,1-5H3,(H,31,34);3-4,8-9,15,17H,5-7H2,1-2H3;10-11H,4-9H2,1-3H3,(H,15,18)(H,16,17). The number of benzene rings is 2. The number of fused-ring (bicyclic) bond motifs is 4. The topological polar surface area (TPSA) is 146 Å². The first-order chi connectivity index (χ1) is 33.5. The maximum atomic E-state index is 13.9. The van der Waals surface area contributed by atoms with E-state index in [9.17, 15) is 28.0 Å². The Labute approximate surface area is 422 Å². The molecule has 2 aliphatic heterocycles. The molecular weight excluding hydrogens is 903 g/mol. The van der Waals surface area contributed by atoms with Gasteiger partial charge < -0.3 is 35.4 Å². The molecule has 2 aromatic carbocycles. The van der Waals surface area contributed by atoms with Gasteiger partial charge in [0, 0.05) is 31.6 Å². The summed E-state index contributed by atoms with van der Waals surface area (Å²) in [6.45, 7) is 22.9. The molecule has 11 nitrogen and oxygen atoms in total. The minimum atomic E-state index is -0.676. The predicted octanol–water partition coefficient (Wildman–Crippen LogP) is 12.1. The highest BCUT2D eigenvalue weighted by Crippen LogP contribution is 2.45. The van der Waals surface area contributed by atoms with Gasteiger partial charge in [0.15, 0.2) is 0 Å². The van der Waals surface area contributed by atoms with Crippen LogP contribution in [0.5, 0.6) is 0 Å². The van der Waals surface area contributed by atoms with Crippen LogP contribution < -0.4 is 16.0 Å². The zero-order chi connectivity index (χ0) is 51.8. The third kappa shape index (κ3) is 15.4. The van der Waals surface area contributed by atoms with Crippen LogP contribution >= 0.6 is 0 Å². The van der Waals surface area contributed by atoms with Gasteiger partial charge in [-0.05, 0) is 230 Å². The summed E-state index contributed by atoms with van der Waals surface area (Å²) in [7, 11) is 0. The number of carboxylic acid groups (broad SMARTS) is 1. The number of nitrogens with zero attached hydrogens (tertiary/aromatic N) is 1. The summed E-state index contributed by atoms with van der Waals surface area (Å²) in [5.74, 6) is 1.19. The number of halogens is 2. The number of hydrogen-bond donors (Lipinski definition) is 4. The fourth-order valence-corrected chi connectivity index (χ4v) is 11.8. The van der Waals surface area contributed by atoms with Crippen molar-refractivity contribution in [2.24, 2.45) is 35.5 Å². The molecule has 4 N–H and O–H groups in total. The van der Waals surface area contributed by atoms with Gasteiger partial charge in [-0.25, -0.2) is 18.4 Å². The van der Waals surface area contributed by atoms with Crippen LogP contribution in [0.25, 0.3) is 11.1 Å². The molecule has 2 atom stereocenters. The Morgan fingerprint density at radius 3 is 1.59 bits per heavy atom. The highest BCUT2D eigenvalue weighted by Gasteiger charge is 2.41. The number of hydrogen-bond acceptors (Lipinski definition) is 7. The summed E-state index contributed by atoms with van der Waals surface area (Å²) in [5.41, 5.74) is 9.23. The maximum Gasteiger partial charge on any atom is 0.407 e. The first kappa shape index (κ1) is 55.5. The van der Waals surface area contributed by atoms with Crippen molar-refractivity contribution in [1.82, 2.24) is 20.9 Å². The highest BCUT2D eigenvalue weighted by atomic mass is 19.1. The van der Waals surface area contributed by atoms with Crippen molar-refractivity contribution in [1.29, 1.82) is 0 Å². The van der Waals surface area contributed by atoms with E-state index in [0.29, 0.717) is 48.7 Å². The number of aliphatic carboxylic acids is 1. The molecule has 71 heavy (non-hydrogen) atoms. The Morgan fingerprint density at radius 2 is 1.14 bits per heavy atom. The monoisotopic (exact) mass is 987 g/mol. The number of carbonyl (C=O) groups is 4. The highest BCUT2D eigenvalue weighted by molar-refractivity contribution is 5.84. The second-order valence-electron chi connectivity index (χ2n) is 23.6. The molecule has 2 saturated carbocycles. The Hall–Kier alpha value is -4.78. The average Bonchev–Trinajstić information content (AvgIpc) is 3.85. The SMILES string of the molecule is CC(C)(C)OC(=O)NCCC1CCC(C(=O)O)CC1.CC(C)C1C2=C(CCN1C(=O)C1CCC(CCNC(=O)OC(C)(C)C)CC1)c1cc(F)ccc1C2.CC(C)C1NCCC2=C1Cc1ccc(F)cc12. The first-order valence-electron chi connectivity index (χ1n) is 26.7. The van der Waals surface area contributed by atoms with E-state index in [0.717, 1.165) is 114 Å². The Balaban J connectivity index is 0.000000192. The first-order valence-corrected chi connectivity index (χ1v) is 26.7. The number of carbonyl (C=O) groups excluding carboxylic acids is 3. The van der Waals surface area contributed by atoms with Crippen LogP contribution in [0.15, 0.2) is 47.5 Å². The van der Waals surface area contributed by atoms with Crippen LogP contribution in [0.4, 0.5) is 18.4 Å². The zero-order valence-electron chi connectivity index (χ0n) is 44.4. The number of carboxylic acids is 1. The minimum absolute atomic E-state index is 0.0784. The molecule has 392 valence electrons. The normalized spacial score (nSPS) is 23.8. The minimum Gasteiger partial charge on any atom is -0.481 e. The molecule has 6 aliphatic rings. The van der Waals surface area contributed by atoms with Crippen LogP contribution in [0, 0.1) is 47.1 Å². The smallest absolute Gasteiger partial charge is 0.407 e. The zero-order valence-corrected chi connectivity index (χ0v) is 44.4. The fraction of sp³-hybridized carbons (Fsp3) is 0.655. The van der Waals surface area contributed by atoms with Crippen molar-refractivity contribution in [2.45, 2.75) is 182 Å². The second-order valence-corrected chi connectivity index (χ2v) is 23.6. The lowest BCUT2D eigenvalue weighted by Gasteiger charge is -2.42. The quantitative estimate of drug-likeness (QED) is 0.184. The molecule has 4 aliphatic carbocycles. The third-order valence-corrected chi connectivity index (χ3v) is 15.2. The summed E-state index contributed by atoms with van der Waals surface area (Å²) < 4.78 is 37.7. The van der Waals surface area contributed by atoms with Crippen LogP contribution in [0.2, 0.25) is 0 Å². The lowest BCUT2D eigenvalue weighted by atomic mass is 9.78. The van der Waals surface area contributed by atoms with Crippen molar-refractivity contribution in [2.75, 3.05) is 26.2 Å². The lowest BCUT2D eigenvalue weighted by molar-refractivity contribution is -0.143. The van der Waals surface area contributed by atoms with Gasteiger partial charge in [0.2, 0.25) is 5.91 Å². The lowest BCUT2D eigenvalue weighted by Crippen LogP contribution is -2.50. The van der Waals surface area contributed by atoms with Gasteiger partial charge in [-0.2, -0.15) is 0 Å². The summed E-state index contributed by atoms with van der Waals surface area (Å²) in [6, 6.07) is 10.9. The van der Waals surface area contributed by atoms with E-state index in [4.69, 9.17) is 14.6 Å². The van der Waals surface area contributed by atoms with Crippen LogP contribution in [0.1, 0.15) is 169 Å². The molecule has 0 spiro atoms. The second kappa shape index (κ2) is 24.3. The van der Waals surface area contributed by atoms with Gasteiger partial charge in [0.25, 0.3) is 0 Å². The van der Waals surface area contributed by atoms with Crippen molar-refractivity contribution >= 4 is 35.2 Å². The molecule has 0 bridgehead atoms. The van der Waals surface area contributed by atoms with Gasteiger partial charge >= 0.3 is 18.2 Å². The number of alkyl carbamates (subject to hydrolysis) is 2. The van der Waals surface area contributed by atoms with Crippen molar-refractivity contribution < 1.29 is 42.5 Å². The van der Waals surface area contributed by atoms with E-state index in [1.54, 1.807) is 24.3 Å². The average molecular weight is 987 g/mol. The predicted molar refractivity (Wildman–Crippen MR) is 276 cm³/mol. The largest absolute Gasteiger partial charge is 0.481 e. The summed E-state index contributed by atoms with van der Waals surface area (Å²) in [5, 5.41) is 18.1. The number of nitrogens with one attached hydrogen (secondary N) is 3. The van der Waals surface area contributed by atoms with Crippen molar-refractivity contribution in [3.8, 4) is 0 Å². The van der Waals surface area contributed by atoms with Gasteiger partial charge in [0.05, 0.1) is 12.0 Å². The van der Waals surface area contributed by atoms with Gasteiger partial charge in [-0.1, -0.05) is 39.8 Å². The number of ether oxygens (including phenoxy) is 2. The summed E-state index contributed by atoms with van der Waals surface area (Å²) in [4.78, 5) is 50.0. The molecule has 0 aromatic heterocycles. The molecule has 0 radical (unpaired) electrons. The number of amides is 3. The van der Waals surface area contributed by atoms with Crippen molar-refractivity contribution in [3.63, 3.8) is 0 Å². The molecular formula is C58H84F2N4O7. The van der Waals surface area contributed by atoms with Crippen LogP contribution in [0.3, 0.4) is 0 Å². The van der Waals surface area contributed by atoms with Crippen LogP contribution in [-0.2, 0) is 31.9 Å². The van der Waals surface area contributed by atoms with Gasteiger partial charge in [0.1, 0.15) is 22.8 Å². The molecule has 13 heteroatoms. The van der Waals surface area contributed by atoms with E-state index < -0.39 is 17.2 Å². The van der Waals surface area contributed by atoms with E-state index >= 15 is 0 Å². The van der Waals surface area contributed by atoms with E-state index in [-0.39, 0.29) is 41.7 Å². The Kier molecular flexibility index (Phi) is 19.0. The molecule has 2 unspecified atom stereocenters. The maximum absolute atomic E-state index is 13.9. The Bertz CT molecular complexity index is 2260. The molecule has 2 fully saturated rings. The fourth-order valence-electron chi connectivity index (χ4n) is 11.8. The van der Waals surface area contributed by atoms with E-state index in [1.807, 2.05) is 53.7 Å². The van der Waals surface area contributed by atoms with Crippen molar-refractivity contribution in [3.05, 3.63) is 81.4 Å². The van der Waals surface area contributed by atoms with E-state index in [1.165, 1.54) is 33.4 Å². The molecule has 8 rings (SSSR count). The third-order valence-electron chi connectivity index (χ3n) is 15.2.